The Morgan fingerprint density at radius 3 is 3.00 bits per heavy atom. The molecule has 0 aliphatic carbocycles. The van der Waals surface area contributed by atoms with Gasteiger partial charge in [-0.1, -0.05) is 6.08 Å². The molecule has 1 aliphatic rings. The second-order valence-electron chi connectivity index (χ2n) is 5.40. The molecule has 1 aromatic rings. The van der Waals surface area contributed by atoms with E-state index < -0.39 is 11.4 Å². The molecule has 1 fully saturated rings. The predicted octanol–water partition coefficient (Wildman–Crippen LogP) is 2.83. The Labute approximate surface area is 113 Å². The summed E-state index contributed by atoms with van der Waals surface area (Å²) >= 11 is 0. The maximum Gasteiger partial charge on any atom is 0.311 e. The number of allylic oxidation sites excluding steroid dienone is 1. The maximum absolute atomic E-state index is 11.6. The van der Waals surface area contributed by atoms with Crippen LogP contribution in [-0.2, 0) is 11.3 Å². The number of hydrogen-bond acceptors (Lipinski definition) is 3. The highest BCUT2D eigenvalue weighted by molar-refractivity contribution is 5.75. The second-order valence-corrected chi connectivity index (χ2v) is 5.40. The van der Waals surface area contributed by atoms with E-state index in [1.54, 1.807) is 6.08 Å². The van der Waals surface area contributed by atoms with Crippen LogP contribution in [0.2, 0.25) is 0 Å². The molecule has 4 heteroatoms. The molecular weight excluding hydrogens is 242 g/mol. The monoisotopic (exact) mass is 263 g/mol. The predicted molar refractivity (Wildman–Crippen MR) is 72.8 cm³/mol. The van der Waals surface area contributed by atoms with Crippen molar-refractivity contribution in [3.05, 3.63) is 36.3 Å². The van der Waals surface area contributed by atoms with Gasteiger partial charge in [0.05, 0.1) is 12.0 Å². The molecule has 1 aliphatic heterocycles. The molecule has 0 radical (unpaired) electrons. The van der Waals surface area contributed by atoms with Crippen molar-refractivity contribution >= 4 is 5.97 Å². The van der Waals surface area contributed by atoms with Crippen molar-refractivity contribution in [1.29, 1.82) is 0 Å². The Balaban J connectivity index is 2.07. The van der Waals surface area contributed by atoms with Crippen molar-refractivity contribution in [3.8, 4) is 0 Å². The lowest BCUT2D eigenvalue weighted by Crippen LogP contribution is -2.47. The van der Waals surface area contributed by atoms with Gasteiger partial charge in [-0.25, -0.2) is 0 Å². The highest BCUT2D eigenvalue weighted by atomic mass is 16.4. The number of carboxylic acids is 1. The number of rotatable bonds is 5. The number of hydrogen-bond donors (Lipinski definition) is 1. The lowest BCUT2D eigenvalue weighted by molar-refractivity contribution is -0.152. The molecule has 0 bridgehead atoms. The average molecular weight is 263 g/mol. The normalized spacial score (nSPS) is 24.3. The number of aryl methyl sites for hydroxylation is 1. The third-order valence-corrected chi connectivity index (χ3v) is 3.82. The first kappa shape index (κ1) is 13.9. The van der Waals surface area contributed by atoms with Crippen molar-refractivity contribution in [2.75, 3.05) is 13.1 Å². The van der Waals surface area contributed by atoms with Crippen LogP contribution in [0.25, 0.3) is 0 Å². The van der Waals surface area contributed by atoms with Gasteiger partial charge in [0.1, 0.15) is 11.5 Å². The standard InChI is InChI=1S/C15H21NO3/c1-3-7-15(14(17)18)8-4-9-16(11-15)10-13-6-5-12(2)19-13/h3,5-6H,1,4,7-11H2,2H3,(H,17,18)/t15-/m0/s1. The van der Waals surface area contributed by atoms with Gasteiger partial charge in [-0.3, -0.25) is 9.69 Å². The summed E-state index contributed by atoms with van der Waals surface area (Å²) in [6, 6.07) is 3.90. The molecule has 104 valence electrons. The largest absolute Gasteiger partial charge is 0.481 e. The Hall–Kier alpha value is -1.55. The van der Waals surface area contributed by atoms with Crippen molar-refractivity contribution < 1.29 is 14.3 Å². The molecule has 19 heavy (non-hydrogen) atoms. The number of furan rings is 1. The second kappa shape index (κ2) is 5.61. The van der Waals surface area contributed by atoms with Crippen LogP contribution in [0.4, 0.5) is 0 Å². The number of carbonyl (C=O) groups is 1. The van der Waals surface area contributed by atoms with E-state index in [0.29, 0.717) is 19.5 Å². The minimum atomic E-state index is -0.715. The first-order valence-electron chi connectivity index (χ1n) is 6.68. The fourth-order valence-corrected chi connectivity index (χ4v) is 2.86. The Morgan fingerprint density at radius 1 is 1.63 bits per heavy atom. The molecular formula is C15H21NO3. The zero-order chi connectivity index (χ0) is 13.9. The van der Waals surface area contributed by atoms with Crippen LogP contribution in [0.1, 0.15) is 30.8 Å². The lowest BCUT2D eigenvalue weighted by Gasteiger charge is -2.39. The highest BCUT2D eigenvalue weighted by Gasteiger charge is 2.41. The number of nitrogens with zero attached hydrogens (tertiary/aromatic N) is 1. The molecule has 1 atom stereocenters. The van der Waals surface area contributed by atoms with Gasteiger partial charge in [-0.05, 0) is 44.9 Å². The van der Waals surface area contributed by atoms with Gasteiger partial charge >= 0.3 is 5.97 Å². The van der Waals surface area contributed by atoms with E-state index in [-0.39, 0.29) is 0 Å². The Kier molecular flexibility index (Phi) is 4.10. The molecule has 0 saturated carbocycles. The summed E-state index contributed by atoms with van der Waals surface area (Å²) in [5.41, 5.74) is -0.679. The molecule has 1 aromatic heterocycles. The van der Waals surface area contributed by atoms with Gasteiger partial charge in [-0.2, -0.15) is 0 Å². The van der Waals surface area contributed by atoms with Crippen LogP contribution < -0.4 is 0 Å². The lowest BCUT2D eigenvalue weighted by atomic mass is 9.77. The van der Waals surface area contributed by atoms with E-state index >= 15 is 0 Å². The van der Waals surface area contributed by atoms with Gasteiger partial charge in [0.25, 0.3) is 0 Å². The van der Waals surface area contributed by atoms with E-state index in [1.165, 1.54) is 0 Å². The quantitative estimate of drug-likeness (QED) is 0.830. The molecule has 2 rings (SSSR count). The Morgan fingerprint density at radius 2 is 2.42 bits per heavy atom. The summed E-state index contributed by atoms with van der Waals surface area (Å²) in [5.74, 6) is 1.08. The molecule has 4 nitrogen and oxygen atoms in total. The average Bonchev–Trinajstić information content (AvgIpc) is 2.75. The first-order chi connectivity index (χ1) is 9.05. The smallest absolute Gasteiger partial charge is 0.311 e. The zero-order valence-electron chi connectivity index (χ0n) is 11.4. The molecule has 2 heterocycles. The number of likely N-dealkylation sites (tertiary alicyclic amines) is 1. The van der Waals surface area contributed by atoms with Crippen molar-refractivity contribution in [1.82, 2.24) is 4.90 Å². The van der Waals surface area contributed by atoms with Crippen molar-refractivity contribution in [2.24, 2.45) is 5.41 Å². The zero-order valence-corrected chi connectivity index (χ0v) is 11.4. The van der Waals surface area contributed by atoms with Gasteiger partial charge in [0, 0.05) is 6.54 Å². The van der Waals surface area contributed by atoms with E-state index in [4.69, 9.17) is 4.42 Å². The van der Waals surface area contributed by atoms with E-state index in [2.05, 4.69) is 11.5 Å². The first-order valence-corrected chi connectivity index (χ1v) is 6.68. The molecule has 1 N–H and O–H groups in total. The third-order valence-electron chi connectivity index (χ3n) is 3.82. The topological polar surface area (TPSA) is 53.7 Å². The molecule has 0 aromatic carbocycles. The minimum Gasteiger partial charge on any atom is -0.481 e. The van der Waals surface area contributed by atoms with Crippen LogP contribution in [0.15, 0.2) is 29.2 Å². The van der Waals surface area contributed by atoms with E-state index in [9.17, 15) is 9.90 Å². The number of aliphatic carboxylic acids is 1. The minimum absolute atomic E-state index is 0.524. The van der Waals surface area contributed by atoms with Gasteiger partial charge in [-0.15, -0.1) is 6.58 Å². The third kappa shape index (κ3) is 3.07. The van der Waals surface area contributed by atoms with Gasteiger partial charge < -0.3 is 9.52 Å². The molecule has 0 spiro atoms. The van der Waals surface area contributed by atoms with Crippen molar-refractivity contribution in [2.45, 2.75) is 32.7 Å². The van der Waals surface area contributed by atoms with Crippen LogP contribution in [0.3, 0.4) is 0 Å². The van der Waals surface area contributed by atoms with E-state index in [0.717, 1.165) is 30.9 Å². The van der Waals surface area contributed by atoms with Crippen LogP contribution >= 0.6 is 0 Å². The van der Waals surface area contributed by atoms with Crippen LogP contribution in [-0.4, -0.2) is 29.1 Å². The summed E-state index contributed by atoms with van der Waals surface area (Å²) in [4.78, 5) is 13.7. The van der Waals surface area contributed by atoms with Crippen LogP contribution in [0, 0.1) is 12.3 Å². The fourth-order valence-electron chi connectivity index (χ4n) is 2.86. The number of piperidine rings is 1. The molecule has 1 saturated heterocycles. The highest BCUT2D eigenvalue weighted by Crippen LogP contribution is 2.34. The van der Waals surface area contributed by atoms with Gasteiger partial charge in [0.15, 0.2) is 0 Å². The maximum atomic E-state index is 11.6. The summed E-state index contributed by atoms with van der Waals surface area (Å²) < 4.78 is 5.57. The SMILES string of the molecule is C=CC[C@]1(C(=O)O)CCCN(Cc2ccc(C)o2)C1. The summed E-state index contributed by atoms with van der Waals surface area (Å²) in [6.45, 7) is 7.78. The fraction of sp³-hybridized carbons (Fsp3) is 0.533. The van der Waals surface area contributed by atoms with E-state index in [1.807, 2.05) is 19.1 Å². The summed E-state index contributed by atoms with van der Waals surface area (Å²) in [6.07, 6.45) is 3.87. The molecule has 0 unspecified atom stereocenters. The Bertz CT molecular complexity index is 466. The summed E-state index contributed by atoms with van der Waals surface area (Å²) in [7, 11) is 0. The van der Waals surface area contributed by atoms with Gasteiger partial charge in [0.2, 0.25) is 0 Å². The van der Waals surface area contributed by atoms with Crippen LogP contribution in [0.5, 0.6) is 0 Å². The molecule has 0 amide bonds. The van der Waals surface area contributed by atoms with Crippen molar-refractivity contribution in [3.63, 3.8) is 0 Å². The number of carboxylic acid groups (broad SMARTS) is 1. The summed E-state index contributed by atoms with van der Waals surface area (Å²) in [5, 5.41) is 9.51.